The second-order valence-corrected chi connectivity index (χ2v) is 12.7. The number of hydrogen-bond donors (Lipinski definition) is 2. The molecule has 0 aromatic heterocycles. The van der Waals surface area contributed by atoms with Gasteiger partial charge in [0.15, 0.2) is 0 Å². The van der Waals surface area contributed by atoms with Crippen LogP contribution in [0.15, 0.2) is 47.4 Å². The van der Waals surface area contributed by atoms with Gasteiger partial charge in [-0.2, -0.15) is 4.31 Å². The van der Waals surface area contributed by atoms with Gasteiger partial charge in [0, 0.05) is 42.7 Å². The summed E-state index contributed by atoms with van der Waals surface area (Å²) >= 11 is 0. The van der Waals surface area contributed by atoms with E-state index in [1.807, 2.05) is 6.92 Å². The van der Waals surface area contributed by atoms with Crippen LogP contribution in [0.2, 0.25) is 0 Å². The average Bonchev–Trinajstić information content (AvgIpc) is 2.93. The van der Waals surface area contributed by atoms with Gasteiger partial charge in [-0.1, -0.05) is 44.1 Å². The maximum Gasteiger partial charge on any atom is 0.317 e. The molecule has 216 valence electrons. The fraction of sp³-hybridized carbons (Fsp3) is 0.500. The number of aliphatic hydroxyl groups is 1. The summed E-state index contributed by atoms with van der Waals surface area (Å²) in [4.78, 5) is 14.5. The number of benzene rings is 2. The molecule has 3 atom stereocenters. The van der Waals surface area contributed by atoms with Gasteiger partial charge in [0.25, 0.3) is 0 Å². The normalized spacial score (nSPS) is 21.9. The zero-order valence-electron chi connectivity index (χ0n) is 23.3. The Morgan fingerprint density at radius 3 is 2.55 bits per heavy atom. The quantitative estimate of drug-likeness (QED) is 0.530. The molecule has 0 saturated heterocycles. The van der Waals surface area contributed by atoms with Crippen LogP contribution < -0.4 is 10.1 Å². The third kappa shape index (κ3) is 7.14. The van der Waals surface area contributed by atoms with Crippen LogP contribution in [0.25, 0.3) is 0 Å². The number of carbonyl (C=O) groups excluding carboxylic acids is 1. The summed E-state index contributed by atoms with van der Waals surface area (Å²) in [5.41, 5.74) is 0.982. The summed E-state index contributed by atoms with van der Waals surface area (Å²) in [5.74, 6) is 5.28. The van der Waals surface area contributed by atoms with Gasteiger partial charge in [0.2, 0.25) is 10.0 Å². The van der Waals surface area contributed by atoms with Crippen LogP contribution in [0.4, 0.5) is 9.18 Å². The Kier molecular flexibility index (Phi) is 9.72. The minimum atomic E-state index is -4.01. The monoisotopic (exact) mass is 571 g/mol. The number of carbonyl (C=O) groups is 1. The van der Waals surface area contributed by atoms with Gasteiger partial charge in [0.1, 0.15) is 22.6 Å². The van der Waals surface area contributed by atoms with E-state index in [2.05, 4.69) is 17.2 Å². The van der Waals surface area contributed by atoms with E-state index in [1.165, 1.54) is 28.9 Å². The van der Waals surface area contributed by atoms with E-state index in [0.717, 1.165) is 25.7 Å². The first-order valence-corrected chi connectivity index (χ1v) is 15.2. The van der Waals surface area contributed by atoms with Crippen molar-refractivity contribution in [1.29, 1.82) is 0 Å². The highest BCUT2D eigenvalue weighted by molar-refractivity contribution is 7.89. The predicted molar refractivity (Wildman–Crippen MR) is 151 cm³/mol. The molecule has 1 heterocycles. The first-order chi connectivity index (χ1) is 19.1. The molecule has 40 heavy (non-hydrogen) atoms. The van der Waals surface area contributed by atoms with Crippen molar-refractivity contribution in [2.45, 2.75) is 69.0 Å². The van der Waals surface area contributed by atoms with Gasteiger partial charge in [-0.3, -0.25) is 0 Å². The molecule has 4 rings (SSSR count). The molecule has 1 saturated carbocycles. The van der Waals surface area contributed by atoms with Crippen LogP contribution >= 0.6 is 0 Å². The van der Waals surface area contributed by atoms with E-state index in [-0.39, 0.29) is 48.3 Å². The third-order valence-corrected chi connectivity index (χ3v) is 9.60. The summed E-state index contributed by atoms with van der Waals surface area (Å²) in [6.45, 7) is 3.55. The van der Waals surface area contributed by atoms with Gasteiger partial charge >= 0.3 is 6.03 Å². The lowest BCUT2D eigenvalue weighted by Crippen LogP contribution is -2.52. The van der Waals surface area contributed by atoms with E-state index in [0.29, 0.717) is 11.1 Å². The second-order valence-electron chi connectivity index (χ2n) is 10.8. The van der Waals surface area contributed by atoms with Gasteiger partial charge in [0.05, 0.1) is 13.2 Å². The Labute approximate surface area is 236 Å². The number of sulfonamides is 1. The molecular formula is C30H38FN3O5S. The fourth-order valence-corrected chi connectivity index (χ4v) is 6.94. The summed E-state index contributed by atoms with van der Waals surface area (Å²) in [6.07, 6.45) is 4.80. The van der Waals surface area contributed by atoms with Gasteiger partial charge in [-0.15, -0.1) is 0 Å². The van der Waals surface area contributed by atoms with Crippen LogP contribution in [0.1, 0.15) is 57.1 Å². The standard InChI is InChI=1S/C30H38FN3O5S/c1-21-18-34(22(2)20-35)40(37,38)29-15-14-24(13-12-23-8-7-9-25(31)16-23)17-27(29)39-28(21)19-33(3)30(36)32-26-10-5-4-6-11-26/h7-9,14-17,21-22,26,28,35H,4-6,10-11,18-20H2,1-3H3,(H,32,36)/t21-,22-,28-/m1/s1. The van der Waals surface area contributed by atoms with Crippen molar-refractivity contribution in [1.82, 2.24) is 14.5 Å². The molecule has 1 aliphatic heterocycles. The highest BCUT2D eigenvalue weighted by atomic mass is 32.2. The molecule has 2 aromatic carbocycles. The molecular weight excluding hydrogens is 533 g/mol. The van der Waals surface area contributed by atoms with Crippen LogP contribution in [0, 0.1) is 23.6 Å². The molecule has 2 amide bonds. The second kappa shape index (κ2) is 13.0. The average molecular weight is 572 g/mol. The molecule has 0 bridgehead atoms. The molecule has 2 N–H and O–H groups in total. The SMILES string of the molecule is C[C@@H]1CN([C@H](C)CO)S(=O)(=O)c2ccc(C#Cc3cccc(F)c3)cc2O[C@@H]1CN(C)C(=O)NC1CCCCC1. The highest BCUT2D eigenvalue weighted by Gasteiger charge is 2.38. The van der Waals surface area contributed by atoms with Crippen LogP contribution in [-0.4, -0.2) is 73.7 Å². The molecule has 1 aliphatic carbocycles. The minimum absolute atomic E-state index is 0.0321. The molecule has 8 nitrogen and oxygen atoms in total. The summed E-state index contributed by atoms with van der Waals surface area (Å²) in [7, 11) is -2.30. The van der Waals surface area contributed by atoms with E-state index >= 15 is 0 Å². The Bertz CT molecular complexity index is 1370. The van der Waals surface area contributed by atoms with Gasteiger partial charge in [-0.05, 0) is 56.2 Å². The largest absolute Gasteiger partial charge is 0.487 e. The first kappa shape index (κ1) is 29.8. The lowest BCUT2D eigenvalue weighted by atomic mass is 9.96. The molecule has 2 aliphatic rings. The number of hydrogen-bond acceptors (Lipinski definition) is 5. The Balaban J connectivity index is 1.65. The first-order valence-electron chi connectivity index (χ1n) is 13.8. The van der Waals surface area contributed by atoms with Gasteiger partial charge in [-0.25, -0.2) is 17.6 Å². The van der Waals surface area contributed by atoms with Crippen molar-refractivity contribution >= 4 is 16.1 Å². The van der Waals surface area contributed by atoms with Gasteiger partial charge < -0.3 is 20.1 Å². The Morgan fingerprint density at radius 1 is 1.18 bits per heavy atom. The van der Waals surface area contributed by atoms with E-state index in [9.17, 15) is 22.7 Å². The van der Waals surface area contributed by atoms with Crippen LogP contribution in [0.5, 0.6) is 5.75 Å². The number of rotatable bonds is 5. The van der Waals surface area contributed by atoms with Crippen molar-refractivity contribution < 1.29 is 27.4 Å². The number of halogens is 1. The third-order valence-electron chi connectivity index (χ3n) is 7.58. The number of urea groups is 1. The number of amides is 2. The molecule has 10 heteroatoms. The number of nitrogens with zero attached hydrogens (tertiary/aromatic N) is 2. The molecule has 0 radical (unpaired) electrons. The lowest BCUT2D eigenvalue weighted by molar-refractivity contribution is 0.0806. The van der Waals surface area contributed by atoms with E-state index in [1.54, 1.807) is 43.1 Å². The number of ether oxygens (including phenoxy) is 1. The fourth-order valence-electron chi connectivity index (χ4n) is 5.12. The Hall–Kier alpha value is -3.13. The topological polar surface area (TPSA) is 99.2 Å². The number of aliphatic hydroxyl groups excluding tert-OH is 1. The number of fused-ring (bicyclic) bond motifs is 1. The maximum absolute atomic E-state index is 13.7. The van der Waals surface area contributed by atoms with Crippen molar-refractivity contribution in [3.8, 4) is 17.6 Å². The van der Waals surface area contributed by atoms with E-state index in [4.69, 9.17) is 4.74 Å². The van der Waals surface area contributed by atoms with E-state index < -0.39 is 28.0 Å². The summed E-state index contributed by atoms with van der Waals surface area (Å²) in [5, 5.41) is 13.0. The Morgan fingerprint density at radius 2 is 1.88 bits per heavy atom. The van der Waals surface area contributed by atoms with Crippen molar-refractivity contribution in [3.63, 3.8) is 0 Å². The highest BCUT2D eigenvalue weighted by Crippen LogP contribution is 2.34. The molecule has 0 unspecified atom stereocenters. The van der Waals surface area contributed by atoms with Crippen molar-refractivity contribution in [3.05, 3.63) is 59.4 Å². The van der Waals surface area contributed by atoms with Crippen molar-refractivity contribution in [2.24, 2.45) is 5.92 Å². The van der Waals surface area contributed by atoms with Crippen molar-refractivity contribution in [2.75, 3.05) is 26.7 Å². The molecule has 2 aromatic rings. The predicted octanol–water partition coefficient (Wildman–Crippen LogP) is 3.97. The molecule has 1 fully saturated rings. The zero-order chi connectivity index (χ0) is 28.9. The smallest absolute Gasteiger partial charge is 0.317 e. The molecule has 0 spiro atoms. The number of likely N-dealkylation sites (N-methyl/N-ethyl adjacent to an activating group) is 1. The maximum atomic E-state index is 13.7. The van der Waals surface area contributed by atoms with Crippen LogP contribution in [0.3, 0.4) is 0 Å². The minimum Gasteiger partial charge on any atom is -0.487 e. The zero-order valence-corrected chi connectivity index (χ0v) is 24.1. The lowest BCUT2D eigenvalue weighted by Gasteiger charge is -2.37. The van der Waals surface area contributed by atoms with Crippen LogP contribution in [-0.2, 0) is 10.0 Å². The summed E-state index contributed by atoms with van der Waals surface area (Å²) in [6, 6.07) is 9.82. The number of nitrogens with one attached hydrogen (secondary N) is 1. The summed E-state index contributed by atoms with van der Waals surface area (Å²) < 4.78 is 48.6.